The number of carboxylic acids is 1. The first-order valence-electron chi connectivity index (χ1n) is 10.3. The number of anilines is 1. The fourth-order valence-electron chi connectivity index (χ4n) is 4.52. The zero-order valence-electron chi connectivity index (χ0n) is 15.9. The number of piperazine rings is 1. The van der Waals surface area contributed by atoms with Gasteiger partial charge in [-0.1, -0.05) is 25.7 Å². The maximum Gasteiger partial charge on any atom is 0.303 e. The molecule has 2 aliphatic rings. The molecule has 1 aliphatic heterocycles. The molecule has 26 heavy (non-hydrogen) atoms. The lowest BCUT2D eigenvalue weighted by Gasteiger charge is -2.36. The van der Waals surface area contributed by atoms with E-state index in [0.717, 1.165) is 44.9 Å². The standard InChI is InChI=1S/C21H33N3O2/c25-21(26)17-19-6-4-18(5-7-19)3-1-2-12-23-13-15-24(16-14-23)20-8-10-22-11-9-20/h8-11,18-19H,1-7,12-17H2,(H,25,26). The molecular weight excluding hydrogens is 326 g/mol. The van der Waals surface area contributed by atoms with E-state index in [1.165, 1.54) is 44.3 Å². The van der Waals surface area contributed by atoms with Gasteiger partial charge in [-0.25, -0.2) is 0 Å². The van der Waals surface area contributed by atoms with Gasteiger partial charge in [-0.05, 0) is 49.8 Å². The monoisotopic (exact) mass is 359 g/mol. The van der Waals surface area contributed by atoms with Crippen molar-refractivity contribution in [2.45, 2.75) is 51.4 Å². The number of pyridine rings is 1. The van der Waals surface area contributed by atoms with Crippen LogP contribution in [0.25, 0.3) is 0 Å². The molecule has 1 N–H and O–H groups in total. The topological polar surface area (TPSA) is 56.7 Å². The molecule has 0 atom stereocenters. The fraction of sp³-hybridized carbons (Fsp3) is 0.714. The van der Waals surface area contributed by atoms with E-state index < -0.39 is 5.97 Å². The Morgan fingerprint density at radius 3 is 2.31 bits per heavy atom. The summed E-state index contributed by atoms with van der Waals surface area (Å²) < 4.78 is 0. The molecular formula is C21H33N3O2. The lowest BCUT2D eigenvalue weighted by molar-refractivity contribution is -0.138. The third kappa shape index (κ3) is 5.97. The van der Waals surface area contributed by atoms with E-state index in [4.69, 9.17) is 5.11 Å². The fourth-order valence-corrected chi connectivity index (χ4v) is 4.52. The summed E-state index contributed by atoms with van der Waals surface area (Å²) in [5.41, 5.74) is 1.29. The molecule has 144 valence electrons. The Bertz CT molecular complexity index is 535. The Kier molecular flexibility index (Phi) is 7.30. The number of carboxylic acid groups (broad SMARTS) is 1. The third-order valence-electron chi connectivity index (χ3n) is 6.17. The average molecular weight is 360 g/mol. The van der Waals surface area contributed by atoms with Crippen molar-refractivity contribution in [3.8, 4) is 0 Å². The Balaban J connectivity index is 1.25. The molecule has 1 saturated carbocycles. The van der Waals surface area contributed by atoms with Crippen molar-refractivity contribution in [3.63, 3.8) is 0 Å². The molecule has 0 aromatic carbocycles. The predicted octanol–water partition coefficient (Wildman–Crippen LogP) is 3.66. The second-order valence-electron chi connectivity index (χ2n) is 8.01. The van der Waals surface area contributed by atoms with Crippen molar-refractivity contribution in [3.05, 3.63) is 24.5 Å². The predicted molar refractivity (Wildman–Crippen MR) is 104 cm³/mol. The van der Waals surface area contributed by atoms with Crippen molar-refractivity contribution in [2.75, 3.05) is 37.6 Å². The largest absolute Gasteiger partial charge is 0.481 e. The molecule has 0 bridgehead atoms. The van der Waals surface area contributed by atoms with E-state index >= 15 is 0 Å². The maximum absolute atomic E-state index is 10.8. The molecule has 2 fully saturated rings. The first kappa shape index (κ1) is 19.2. The van der Waals surface area contributed by atoms with Gasteiger partial charge in [0, 0.05) is 50.7 Å². The third-order valence-corrected chi connectivity index (χ3v) is 6.17. The van der Waals surface area contributed by atoms with Gasteiger partial charge in [-0.3, -0.25) is 14.7 Å². The first-order valence-corrected chi connectivity index (χ1v) is 10.3. The second kappa shape index (κ2) is 9.91. The van der Waals surface area contributed by atoms with Crippen molar-refractivity contribution >= 4 is 11.7 Å². The Labute approximate surface area is 157 Å². The number of hydrogen-bond donors (Lipinski definition) is 1. The van der Waals surface area contributed by atoms with Crippen LogP contribution in [-0.4, -0.2) is 53.7 Å². The zero-order valence-corrected chi connectivity index (χ0v) is 15.9. The van der Waals surface area contributed by atoms with Gasteiger partial charge >= 0.3 is 5.97 Å². The van der Waals surface area contributed by atoms with Crippen molar-refractivity contribution < 1.29 is 9.90 Å². The maximum atomic E-state index is 10.8. The van der Waals surface area contributed by atoms with Gasteiger partial charge in [-0.2, -0.15) is 0 Å². The summed E-state index contributed by atoms with van der Waals surface area (Å²) >= 11 is 0. The number of hydrogen-bond acceptors (Lipinski definition) is 4. The summed E-state index contributed by atoms with van der Waals surface area (Å²) in [7, 11) is 0. The molecule has 1 aromatic heterocycles. The lowest BCUT2D eigenvalue weighted by Crippen LogP contribution is -2.46. The molecule has 0 unspecified atom stereocenters. The Hall–Kier alpha value is -1.62. The molecule has 1 aromatic rings. The number of rotatable bonds is 8. The lowest BCUT2D eigenvalue weighted by atomic mass is 9.78. The molecule has 0 amide bonds. The van der Waals surface area contributed by atoms with Crippen molar-refractivity contribution in [2.24, 2.45) is 11.8 Å². The van der Waals surface area contributed by atoms with E-state index in [-0.39, 0.29) is 0 Å². The minimum Gasteiger partial charge on any atom is -0.481 e. The van der Waals surface area contributed by atoms with Crippen LogP contribution in [0.2, 0.25) is 0 Å². The zero-order chi connectivity index (χ0) is 18.2. The molecule has 0 spiro atoms. The molecule has 2 heterocycles. The molecule has 3 rings (SSSR count). The van der Waals surface area contributed by atoms with Crippen LogP contribution in [-0.2, 0) is 4.79 Å². The van der Waals surface area contributed by atoms with Gasteiger partial charge in [0.05, 0.1) is 0 Å². The highest BCUT2D eigenvalue weighted by atomic mass is 16.4. The quantitative estimate of drug-likeness (QED) is 0.718. The summed E-state index contributed by atoms with van der Waals surface area (Å²) in [5, 5.41) is 8.90. The Morgan fingerprint density at radius 2 is 1.65 bits per heavy atom. The summed E-state index contributed by atoms with van der Waals surface area (Å²) in [6.45, 7) is 5.75. The summed E-state index contributed by atoms with van der Waals surface area (Å²) in [5.74, 6) is 0.640. The molecule has 5 nitrogen and oxygen atoms in total. The van der Waals surface area contributed by atoms with Crippen LogP contribution in [0.5, 0.6) is 0 Å². The number of aliphatic carboxylic acids is 1. The highest BCUT2D eigenvalue weighted by molar-refractivity contribution is 5.67. The summed E-state index contributed by atoms with van der Waals surface area (Å²) in [6, 6.07) is 4.20. The van der Waals surface area contributed by atoms with E-state index in [0.29, 0.717) is 12.3 Å². The number of unbranched alkanes of at least 4 members (excludes halogenated alkanes) is 1. The van der Waals surface area contributed by atoms with Crippen LogP contribution in [0.3, 0.4) is 0 Å². The van der Waals surface area contributed by atoms with Gasteiger partial charge in [-0.15, -0.1) is 0 Å². The van der Waals surface area contributed by atoms with Crippen molar-refractivity contribution in [1.82, 2.24) is 9.88 Å². The van der Waals surface area contributed by atoms with Crippen LogP contribution >= 0.6 is 0 Å². The van der Waals surface area contributed by atoms with Gasteiger partial charge in [0.1, 0.15) is 0 Å². The van der Waals surface area contributed by atoms with Crippen LogP contribution in [0.1, 0.15) is 51.4 Å². The molecule has 5 heteroatoms. The van der Waals surface area contributed by atoms with Crippen LogP contribution in [0.15, 0.2) is 24.5 Å². The average Bonchev–Trinajstić information content (AvgIpc) is 2.67. The van der Waals surface area contributed by atoms with Crippen LogP contribution in [0.4, 0.5) is 5.69 Å². The van der Waals surface area contributed by atoms with Crippen LogP contribution < -0.4 is 4.90 Å². The van der Waals surface area contributed by atoms with E-state index in [2.05, 4.69) is 26.9 Å². The number of aromatic nitrogens is 1. The minimum absolute atomic E-state index is 0.373. The van der Waals surface area contributed by atoms with Gasteiger partial charge in [0.15, 0.2) is 0 Å². The van der Waals surface area contributed by atoms with E-state index in [1.807, 2.05) is 12.4 Å². The molecule has 1 aliphatic carbocycles. The first-order chi connectivity index (χ1) is 12.7. The summed E-state index contributed by atoms with van der Waals surface area (Å²) in [6.07, 6.45) is 12.8. The van der Waals surface area contributed by atoms with Gasteiger partial charge < -0.3 is 10.0 Å². The van der Waals surface area contributed by atoms with Gasteiger partial charge in [0.25, 0.3) is 0 Å². The second-order valence-corrected chi connectivity index (χ2v) is 8.01. The smallest absolute Gasteiger partial charge is 0.303 e. The van der Waals surface area contributed by atoms with E-state index in [9.17, 15) is 4.79 Å². The summed E-state index contributed by atoms with van der Waals surface area (Å²) in [4.78, 5) is 19.9. The molecule has 1 saturated heterocycles. The Morgan fingerprint density at radius 1 is 1.00 bits per heavy atom. The van der Waals surface area contributed by atoms with Gasteiger partial charge in [0.2, 0.25) is 0 Å². The van der Waals surface area contributed by atoms with E-state index in [1.54, 1.807) is 0 Å². The van der Waals surface area contributed by atoms with Crippen LogP contribution in [0, 0.1) is 11.8 Å². The normalized spacial score (nSPS) is 24.5. The number of nitrogens with zero attached hydrogens (tertiary/aromatic N) is 3. The highest BCUT2D eigenvalue weighted by Crippen LogP contribution is 2.33. The van der Waals surface area contributed by atoms with Crippen molar-refractivity contribution in [1.29, 1.82) is 0 Å². The SMILES string of the molecule is O=C(O)CC1CCC(CCCCN2CCN(c3ccncc3)CC2)CC1. The highest BCUT2D eigenvalue weighted by Gasteiger charge is 2.23. The number of carbonyl (C=O) groups is 1. The molecule has 0 radical (unpaired) electrons. The minimum atomic E-state index is -0.627.